The molecule has 0 radical (unpaired) electrons. The molecule has 0 aromatic carbocycles. The average Bonchev–Trinajstić information content (AvgIpc) is 2.03. The SMILES string of the molecule is NCc1c(F)[nH]c(C(F)F)cc1=O. The number of rotatable bonds is 2. The van der Waals surface area contributed by atoms with Gasteiger partial charge in [0.2, 0.25) is 0 Å². The third kappa shape index (κ3) is 1.89. The van der Waals surface area contributed by atoms with E-state index >= 15 is 0 Å². The molecule has 3 N–H and O–H groups in total. The van der Waals surface area contributed by atoms with E-state index in [0.717, 1.165) is 0 Å². The molecule has 0 unspecified atom stereocenters. The highest BCUT2D eigenvalue weighted by Gasteiger charge is 2.13. The molecule has 0 spiro atoms. The molecule has 0 amide bonds. The standard InChI is InChI=1S/C7H7F3N2O/c8-6(9)4-1-5(13)3(2-11)7(10)12-4/h1,6H,2,11H2,(H,12,13). The summed E-state index contributed by atoms with van der Waals surface area (Å²) in [7, 11) is 0. The highest BCUT2D eigenvalue weighted by molar-refractivity contribution is 5.16. The summed E-state index contributed by atoms with van der Waals surface area (Å²) in [6.45, 7) is -0.315. The predicted octanol–water partition coefficient (Wildman–Crippen LogP) is 0.910. The van der Waals surface area contributed by atoms with Crippen molar-refractivity contribution in [3.63, 3.8) is 0 Å². The Morgan fingerprint density at radius 3 is 2.54 bits per heavy atom. The number of nitrogens with one attached hydrogen (secondary N) is 1. The molecular weight excluding hydrogens is 185 g/mol. The first-order chi connectivity index (χ1) is 6.06. The smallest absolute Gasteiger partial charge is 0.278 e. The molecule has 6 heteroatoms. The van der Waals surface area contributed by atoms with Gasteiger partial charge in [-0.05, 0) is 0 Å². The fourth-order valence-electron chi connectivity index (χ4n) is 0.883. The van der Waals surface area contributed by atoms with Gasteiger partial charge < -0.3 is 10.7 Å². The number of aromatic nitrogens is 1. The van der Waals surface area contributed by atoms with Gasteiger partial charge in [0.05, 0.1) is 11.3 Å². The van der Waals surface area contributed by atoms with Gasteiger partial charge in [0, 0.05) is 12.6 Å². The van der Waals surface area contributed by atoms with Crippen molar-refractivity contribution in [1.82, 2.24) is 4.98 Å². The molecule has 1 heterocycles. The van der Waals surface area contributed by atoms with Crippen LogP contribution in [-0.2, 0) is 6.54 Å². The van der Waals surface area contributed by atoms with Gasteiger partial charge in [0.1, 0.15) is 0 Å². The molecular formula is C7H7F3N2O. The summed E-state index contributed by atoms with van der Waals surface area (Å²) in [5, 5.41) is 0. The molecule has 13 heavy (non-hydrogen) atoms. The van der Waals surface area contributed by atoms with E-state index in [0.29, 0.717) is 6.07 Å². The average molecular weight is 192 g/mol. The van der Waals surface area contributed by atoms with Gasteiger partial charge in [-0.15, -0.1) is 0 Å². The van der Waals surface area contributed by atoms with Gasteiger partial charge in [-0.25, -0.2) is 8.78 Å². The van der Waals surface area contributed by atoms with Crippen molar-refractivity contribution in [3.05, 3.63) is 33.5 Å². The topological polar surface area (TPSA) is 58.9 Å². The van der Waals surface area contributed by atoms with Crippen molar-refractivity contribution >= 4 is 0 Å². The van der Waals surface area contributed by atoms with E-state index in [1.54, 1.807) is 4.98 Å². The minimum absolute atomic E-state index is 0.315. The monoisotopic (exact) mass is 192 g/mol. The fourth-order valence-corrected chi connectivity index (χ4v) is 0.883. The molecule has 1 aromatic heterocycles. The lowest BCUT2D eigenvalue weighted by atomic mass is 10.2. The summed E-state index contributed by atoms with van der Waals surface area (Å²) in [4.78, 5) is 12.7. The van der Waals surface area contributed by atoms with Crippen LogP contribution in [0.15, 0.2) is 10.9 Å². The summed E-state index contributed by atoms with van der Waals surface area (Å²) in [6.07, 6.45) is -2.89. The van der Waals surface area contributed by atoms with Crippen LogP contribution in [-0.4, -0.2) is 4.98 Å². The Kier molecular flexibility index (Phi) is 2.72. The number of halogens is 3. The third-order valence-electron chi connectivity index (χ3n) is 1.54. The number of pyridine rings is 1. The number of H-pyrrole nitrogens is 1. The fraction of sp³-hybridized carbons (Fsp3) is 0.286. The number of alkyl halides is 2. The zero-order valence-electron chi connectivity index (χ0n) is 6.48. The van der Waals surface area contributed by atoms with E-state index in [1.807, 2.05) is 0 Å². The van der Waals surface area contributed by atoms with E-state index in [-0.39, 0.29) is 12.1 Å². The largest absolute Gasteiger partial charge is 0.330 e. The molecule has 0 aliphatic heterocycles. The second-order valence-corrected chi connectivity index (χ2v) is 2.39. The summed E-state index contributed by atoms with van der Waals surface area (Å²) < 4.78 is 36.8. The number of aromatic amines is 1. The zero-order chi connectivity index (χ0) is 10.0. The van der Waals surface area contributed by atoms with Crippen LogP contribution in [0.2, 0.25) is 0 Å². The molecule has 0 aliphatic carbocycles. The molecule has 0 atom stereocenters. The van der Waals surface area contributed by atoms with Crippen LogP contribution in [0.3, 0.4) is 0 Å². The predicted molar refractivity (Wildman–Crippen MR) is 39.9 cm³/mol. The van der Waals surface area contributed by atoms with Gasteiger partial charge in [0.15, 0.2) is 11.4 Å². The molecule has 0 saturated heterocycles. The summed E-state index contributed by atoms with van der Waals surface area (Å²) in [5.41, 5.74) is 3.17. The molecule has 0 saturated carbocycles. The van der Waals surface area contributed by atoms with Crippen molar-refractivity contribution in [1.29, 1.82) is 0 Å². The van der Waals surface area contributed by atoms with Gasteiger partial charge in [-0.2, -0.15) is 4.39 Å². The van der Waals surface area contributed by atoms with Crippen molar-refractivity contribution in [2.75, 3.05) is 0 Å². The van der Waals surface area contributed by atoms with Crippen molar-refractivity contribution in [2.45, 2.75) is 13.0 Å². The van der Waals surface area contributed by atoms with Crippen molar-refractivity contribution in [2.24, 2.45) is 5.73 Å². The van der Waals surface area contributed by atoms with Crippen molar-refractivity contribution in [3.8, 4) is 0 Å². The van der Waals surface area contributed by atoms with Crippen LogP contribution < -0.4 is 11.2 Å². The maximum atomic E-state index is 12.8. The Morgan fingerprint density at radius 2 is 2.15 bits per heavy atom. The lowest BCUT2D eigenvalue weighted by Gasteiger charge is -2.02. The highest BCUT2D eigenvalue weighted by Crippen LogP contribution is 2.15. The molecule has 0 fully saturated rings. The lowest BCUT2D eigenvalue weighted by Crippen LogP contribution is -2.17. The quantitative estimate of drug-likeness (QED) is 0.684. The van der Waals surface area contributed by atoms with Crippen LogP contribution in [0.5, 0.6) is 0 Å². The summed E-state index contributed by atoms with van der Waals surface area (Å²) in [5.74, 6) is -1.09. The number of nitrogens with two attached hydrogens (primary N) is 1. The molecule has 0 aliphatic rings. The molecule has 72 valence electrons. The van der Waals surface area contributed by atoms with E-state index in [4.69, 9.17) is 5.73 Å². The zero-order valence-corrected chi connectivity index (χ0v) is 6.48. The van der Waals surface area contributed by atoms with Crippen LogP contribution in [0.25, 0.3) is 0 Å². The Morgan fingerprint density at radius 1 is 1.54 bits per heavy atom. The first-order valence-electron chi connectivity index (χ1n) is 3.46. The second kappa shape index (κ2) is 3.61. The van der Waals surface area contributed by atoms with Crippen molar-refractivity contribution < 1.29 is 13.2 Å². The van der Waals surface area contributed by atoms with Gasteiger partial charge >= 0.3 is 0 Å². The van der Waals surface area contributed by atoms with Crippen LogP contribution in [0, 0.1) is 5.95 Å². The maximum absolute atomic E-state index is 12.8. The Balaban J connectivity index is 3.29. The van der Waals surface area contributed by atoms with Crippen LogP contribution in [0.4, 0.5) is 13.2 Å². The maximum Gasteiger partial charge on any atom is 0.278 e. The Labute approximate surface area is 71.4 Å². The van der Waals surface area contributed by atoms with E-state index < -0.39 is 23.5 Å². The van der Waals surface area contributed by atoms with E-state index in [1.165, 1.54) is 0 Å². The highest BCUT2D eigenvalue weighted by atomic mass is 19.3. The Hall–Kier alpha value is -1.30. The first kappa shape index (κ1) is 9.79. The van der Waals surface area contributed by atoms with Crippen LogP contribution in [0.1, 0.15) is 17.7 Å². The normalized spacial score (nSPS) is 10.8. The molecule has 3 nitrogen and oxygen atoms in total. The van der Waals surface area contributed by atoms with E-state index in [2.05, 4.69) is 0 Å². The summed E-state index contributed by atoms with van der Waals surface area (Å²) >= 11 is 0. The van der Waals surface area contributed by atoms with E-state index in [9.17, 15) is 18.0 Å². The number of hydrogen-bond donors (Lipinski definition) is 2. The minimum Gasteiger partial charge on any atom is -0.330 e. The first-order valence-corrected chi connectivity index (χ1v) is 3.46. The molecule has 0 bridgehead atoms. The lowest BCUT2D eigenvalue weighted by molar-refractivity contribution is 0.144. The van der Waals surface area contributed by atoms with Gasteiger partial charge in [0.25, 0.3) is 6.43 Å². The third-order valence-corrected chi connectivity index (χ3v) is 1.54. The van der Waals surface area contributed by atoms with Gasteiger partial charge in [-0.1, -0.05) is 0 Å². The molecule has 1 rings (SSSR count). The molecule has 1 aromatic rings. The Bertz CT molecular complexity index is 361. The van der Waals surface area contributed by atoms with Crippen LogP contribution >= 0.6 is 0 Å². The number of hydrogen-bond acceptors (Lipinski definition) is 2. The van der Waals surface area contributed by atoms with Gasteiger partial charge in [-0.3, -0.25) is 4.79 Å². The second-order valence-electron chi connectivity index (χ2n) is 2.39. The minimum atomic E-state index is -2.89. The summed E-state index contributed by atoms with van der Waals surface area (Å²) in [6, 6.07) is 0.649.